The first-order chi connectivity index (χ1) is 11.1. The number of carbonyl (C=O) groups is 1. The second kappa shape index (κ2) is 5.23. The van der Waals surface area contributed by atoms with Crippen molar-refractivity contribution in [3.05, 3.63) is 59.2 Å². The average molecular weight is 305 g/mol. The first-order valence-electron chi connectivity index (χ1n) is 7.94. The van der Waals surface area contributed by atoms with Crippen molar-refractivity contribution in [2.24, 2.45) is 4.99 Å². The van der Waals surface area contributed by atoms with E-state index < -0.39 is 0 Å². The molecule has 2 aliphatic rings. The fourth-order valence-corrected chi connectivity index (χ4v) is 3.34. The lowest BCUT2D eigenvalue weighted by Gasteiger charge is -2.19. The van der Waals surface area contributed by atoms with Gasteiger partial charge in [-0.25, -0.2) is 0 Å². The van der Waals surface area contributed by atoms with Crippen LogP contribution in [0.3, 0.4) is 0 Å². The van der Waals surface area contributed by atoms with Gasteiger partial charge in [0.1, 0.15) is 0 Å². The number of nitrogens with zero attached hydrogens (tertiary/aromatic N) is 3. The van der Waals surface area contributed by atoms with Crippen LogP contribution in [0.1, 0.15) is 21.5 Å². The second-order valence-corrected chi connectivity index (χ2v) is 6.15. The Morgan fingerprint density at radius 1 is 1.13 bits per heavy atom. The Labute approximate surface area is 136 Å². The van der Waals surface area contributed by atoms with Crippen molar-refractivity contribution in [1.82, 2.24) is 0 Å². The van der Waals surface area contributed by atoms with Gasteiger partial charge in [-0.05, 0) is 37.6 Å². The molecule has 0 aliphatic carbocycles. The van der Waals surface area contributed by atoms with Crippen LogP contribution in [0.2, 0.25) is 0 Å². The predicted molar refractivity (Wildman–Crippen MR) is 93.7 cm³/mol. The molecule has 23 heavy (non-hydrogen) atoms. The van der Waals surface area contributed by atoms with Crippen LogP contribution in [0, 0.1) is 13.8 Å². The molecule has 0 N–H and O–H groups in total. The molecule has 2 aliphatic heterocycles. The molecule has 0 amide bonds. The standard InChI is InChI=1S/C19H19N3O/c1-13-7-8-14(2)15(11-13)18(23)12-22-17-6-4-3-5-16(17)21-10-9-20-19(21)22/h3-8,11H,9-10,12H2,1-2H3. The van der Waals surface area contributed by atoms with E-state index in [2.05, 4.69) is 22.0 Å². The smallest absolute Gasteiger partial charge is 0.206 e. The fourth-order valence-electron chi connectivity index (χ4n) is 3.34. The Bertz CT molecular complexity index is 825. The number of carbonyl (C=O) groups excluding carboxylic acids is 1. The summed E-state index contributed by atoms with van der Waals surface area (Å²) in [5.41, 5.74) is 5.17. The zero-order valence-electron chi connectivity index (χ0n) is 13.4. The van der Waals surface area contributed by atoms with E-state index in [-0.39, 0.29) is 5.78 Å². The van der Waals surface area contributed by atoms with E-state index in [9.17, 15) is 4.79 Å². The quantitative estimate of drug-likeness (QED) is 0.817. The Hall–Kier alpha value is -2.62. The zero-order valence-corrected chi connectivity index (χ0v) is 13.4. The van der Waals surface area contributed by atoms with Gasteiger partial charge in [0.15, 0.2) is 5.78 Å². The van der Waals surface area contributed by atoms with Crippen LogP contribution in [0.4, 0.5) is 11.4 Å². The third-order valence-corrected chi connectivity index (χ3v) is 4.52. The molecular weight excluding hydrogens is 286 g/mol. The van der Waals surface area contributed by atoms with Crippen molar-refractivity contribution in [2.75, 3.05) is 29.4 Å². The summed E-state index contributed by atoms with van der Waals surface area (Å²) in [5, 5.41) is 0. The van der Waals surface area contributed by atoms with Crippen molar-refractivity contribution in [1.29, 1.82) is 0 Å². The van der Waals surface area contributed by atoms with Gasteiger partial charge >= 0.3 is 0 Å². The number of anilines is 2. The summed E-state index contributed by atoms with van der Waals surface area (Å²) in [6, 6.07) is 14.2. The second-order valence-electron chi connectivity index (χ2n) is 6.15. The highest BCUT2D eigenvalue weighted by atomic mass is 16.1. The summed E-state index contributed by atoms with van der Waals surface area (Å²) >= 11 is 0. The summed E-state index contributed by atoms with van der Waals surface area (Å²) in [6.45, 7) is 6.02. The maximum atomic E-state index is 12.9. The van der Waals surface area contributed by atoms with Gasteiger partial charge in [-0.1, -0.05) is 29.8 Å². The van der Waals surface area contributed by atoms with Crippen molar-refractivity contribution in [3.8, 4) is 0 Å². The summed E-state index contributed by atoms with van der Waals surface area (Å²) in [6.07, 6.45) is 0. The molecule has 4 heteroatoms. The maximum Gasteiger partial charge on any atom is 0.206 e. The van der Waals surface area contributed by atoms with Gasteiger partial charge in [0.2, 0.25) is 5.96 Å². The van der Waals surface area contributed by atoms with Crippen LogP contribution in [-0.4, -0.2) is 31.4 Å². The lowest BCUT2D eigenvalue weighted by Crippen LogP contribution is -2.38. The number of benzene rings is 2. The zero-order chi connectivity index (χ0) is 16.0. The normalized spacial score (nSPS) is 15.5. The number of guanidine groups is 1. The molecule has 0 fully saturated rings. The maximum absolute atomic E-state index is 12.9. The molecule has 0 saturated carbocycles. The monoisotopic (exact) mass is 305 g/mol. The van der Waals surface area contributed by atoms with Crippen molar-refractivity contribution >= 4 is 23.1 Å². The SMILES string of the molecule is Cc1ccc(C)c(C(=O)CN2C3=NCCN3c3ccccc32)c1. The van der Waals surface area contributed by atoms with Crippen LogP contribution in [-0.2, 0) is 0 Å². The molecule has 0 atom stereocenters. The lowest BCUT2D eigenvalue weighted by atomic mass is 10.0. The molecule has 0 bridgehead atoms. The third-order valence-electron chi connectivity index (χ3n) is 4.52. The van der Waals surface area contributed by atoms with Crippen molar-refractivity contribution in [3.63, 3.8) is 0 Å². The summed E-state index contributed by atoms with van der Waals surface area (Å²) in [5.74, 6) is 1.04. The van der Waals surface area contributed by atoms with Crippen LogP contribution >= 0.6 is 0 Å². The number of para-hydroxylation sites is 2. The summed E-state index contributed by atoms with van der Waals surface area (Å²) in [4.78, 5) is 21.7. The Morgan fingerprint density at radius 2 is 1.91 bits per heavy atom. The van der Waals surface area contributed by atoms with E-state index in [0.29, 0.717) is 6.54 Å². The van der Waals surface area contributed by atoms with Crippen LogP contribution in [0.25, 0.3) is 0 Å². The minimum atomic E-state index is 0.137. The highest BCUT2D eigenvalue weighted by molar-refractivity contribution is 6.20. The van der Waals surface area contributed by atoms with Gasteiger partial charge in [-0.3, -0.25) is 9.79 Å². The van der Waals surface area contributed by atoms with E-state index in [4.69, 9.17) is 0 Å². The molecule has 2 aromatic rings. The molecule has 2 aromatic carbocycles. The van der Waals surface area contributed by atoms with Gasteiger partial charge in [-0.15, -0.1) is 0 Å². The number of aryl methyl sites for hydroxylation is 2. The van der Waals surface area contributed by atoms with E-state index in [1.165, 1.54) is 0 Å². The van der Waals surface area contributed by atoms with Gasteiger partial charge in [0.25, 0.3) is 0 Å². The van der Waals surface area contributed by atoms with Crippen molar-refractivity contribution < 1.29 is 4.79 Å². The van der Waals surface area contributed by atoms with Gasteiger partial charge < -0.3 is 9.80 Å². The molecule has 0 spiro atoms. The molecule has 0 saturated heterocycles. The molecule has 116 valence electrons. The number of hydrogen-bond donors (Lipinski definition) is 0. The fraction of sp³-hybridized carbons (Fsp3) is 0.263. The van der Waals surface area contributed by atoms with E-state index in [1.54, 1.807) is 0 Å². The highest BCUT2D eigenvalue weighted by Crippen LogP contribution is 2.38. The summed E-state index contributed by atoms with van der Waals surface area (Å²) < 4.78 is 0. The van der Waals surface area contributed by atoms with Gasteiger partial charge in [-0.2, -0.15) is 0 Å². The first kappa shape index (κ1) is 14.0. The van der Waals surface area contributed by atoms with E-state index in [1.807, 2.05) is 49.1 Å². The minimum Gasteiger partial charge on any atom is -0.308 e. The third kappa shape index (κ3) is 2.22. The Kier molecular flexibility index (Phi) is 3.18. The molecule has 0 radical (unpaired) electrons. The van der Waals surface area contributed by atoms with E-state index >= 15 is 0 Å². The Morgan fingerprint density at radius 3 is 2.74 bits per heavy atom. The van der Waals surface area contributed by atoms with Crippen LogP contribution in [0.5, 0.6) is 0 Å². The molecule has 4 rings (SSSR count). The molecular formula is C19H19N3O. The predicted octanol–water partition coefficient (Wildman–Crippen LogP) is 3.18. The number of ketones is 1. The number of Topliss-reactive ketones (excluding diaryl/α,β-unsaturated/α-hetero) is 1. The first-order valence-corrected chi connectivity index (χ1v) is 7.94. The number of fused-ring (bicyclic) bond motifs is 3. The van der Waals surface area contributed by atoms with Crippen LogP contribution < -0.4 is 9.80 Å². The Balaban J connectivity index is 1.68. The molecule has 0 unspecified atom stereocenters. The highest BCUT2D eigenvalue weighted by Gasteiger charge is 2.36. The topological polar surface area (TPSA) is 35.9 Å². The lowest BCUT2D eigenvalue weighted by molar-refractivity contribution is 0.100. The van der Waals surface area contributed by atoms with Gasteiger partial charge in [0, 0.05) is 12.1 Å². The molecule has 0 aromatic heterocycles. The number of hydrogen-bond acceptors (Lipinski definition) is 4. The minimum absolute atomic E-state index is 0.137. The van der Waals surface area contributed by atoms with Crippen LogP contribution in [0.15, 0.2) is 47.5 Å². The molecule has 2 heterocycles. The van der Waals surface area contributed by atoms with E-state index in [0.717, 1.165) is 47.1 Å². The van der Waals surface area contributed by atoms with Crippen molar-refractivity contribution in [2.45, 2.75) is 13.8 Å². The number of aliphatic imine (C=N–C) groups is 1. The average Bonchev–Trinajstić information content (AvgIpc) is 3.13. The summed E-state index contributed by atoms with van der Waals surface area (Å²) in [7, 11) is 0. The molecule has 4 nitrogen and oxygen atoms in total. The number of rotatable bonds is 3. The largest absolute Gasteiger partial charge is 0.308 e. The van der Waals surface area contributed by atoms with Gasteiger partial charge in [0.05, 0.1) is 24.5 Å².